The van der Waals surface area contributed by atoms with Gasteiger partial charge in [0.15, 0.2) is 0 Å². The van der Waals surface area contributed by atoms with Gasteiger partial charge in [-0.25, -0.2) is 4.39 Å². The molecule has 1 aliphatic heterocycles. The van der Waals surface area contributed by atoms with Crippen molar-refractivity contribution in [3.8, 4) is 0 Å². The Bertz CT molecular complexity index is 525. The molecule has 0 aromatic heterocycles. The lowest BCUT2D eigenvalue weighted by atomic mass is 10.0. The maximum atomic E-state index is 12.8. The molecule has 1 N–H and O–H groups in total. The number of carbonyl (C=O) groups is 2. The highest BCUT2D eigenvalue weighted by atomic mass is 19.1. The van der Waals surface area contributed by atoms with E-state index in [0.29, 0.717) is 12.2 Å². The van der Waals surface area contributed by atoms with Crippen LogP contribution in [0.5, 0.6) is 0 Å². The minimum atomic E-state index is -0.324. The van der Waals surface area contributed by atoms with E-state index in [2.05, 4.69) is 10.2 Å². The van der Waals surface area contributed by atoms with Crippen molar-refractivity contribution in [2.75, 3.05) is 32.0 Å². The molecule has 2 amide bonds. The van der Waals surface area contributed by atoms with Crippen molar-refractivity contribution in [1.29, 1.82) is 0 Å². The van der Waals surface area contributed by atoms with Crippen molar-refractivity contribution in [1.82, 2.24) is 9.80 Å². The van der Waals surface area contributed by atoms with Gasteiger partial charge < -0.3 is 10.2 Å². The molecule has 0 radical (unpaired) electrons. The third-order valence-electron chi connectivity index (χ3n) is 4.10. The minimum Gasteiger partial charge on any atom is -0.343 e. The second-order valence-electron chi connectivity index (χ2n) is 5.69. The van der Waals surface area contributed by atoms with Crippen LogP contribution in [-0.2, 0) is 9.59 Å². The molecular formula is C16H22FN3O2. The van der Waals surface area contributed by atoms with E-state index in [9.17, 15) is 14.0 Å². The first kappa shape index (κ1) is 16.4. The third kappa shape index (κ3) is 4.53. The topological polar surface area (TPSA) is 52.7 Å². The van der Waals surface area contributed by atoms with Gasteiger partial charge >= 0.3 is 0 Å². The lowest BCUT2D eigenvalue weighted by molar-refractivity contribution is -0.130. The van der Waals surface area contributed by atoms with Gasteiger partial charge in [0.1, 0.15) is 5.82 Å². The number of anilines is 1. The standard InChI is InChI=1S/C16H22FN3O2/c1-12(21)19(2)15-7-9-20(10-8-15)11-16(22)18-14-5-3-13(17)4-6-14/h3-6,15H,7-11H2,1-2H3,(H,18,22). The summed E-state index contributed by atoms with van der Waals surface area (Å²) < 4.78 is 12.8. The highest BCUT2D eigenvalue weighted by Gasteiger charge is 2.24. The molecule has 2 rings (SSSR count). The van der Waals surface area contributed by atoms with Crippen molar-refractivity contribution in [2.24, 2.45) is 0 Å². The molecule has 0 spiro atoms. The maximum absolute atomic E-state index is 12.8. The van der Waals surface area contributed by atoms with Crippen LogP contribution in [-0.4, -0.2) is 54.3 Å². The zero-order valence-electron chi connectivity index (χ0n) is 13.0. The van der Waals surface area contributed by atoms with E-state index in [4.69, 9.17) is 0 Å². The van der Waals surface area contributed by atoms with Crippen LogP contribution in [0.3, 0.4) is 0 Å². The summed E-state index contributed by atoms with van der Waals surface area (Å²) in [6.45, 7) is 3.47. The molecule has 120 valence electrons. The number of nitrogens with zero attached hydrogens (tertiary/aromatic N) is 2. The molecule has 5 nitrogen and oxygen atoms in total. The highest BCUT2D eigenvalue weighted by molar-refractivity contribution is 5.92. The van der Waals surface area contributed by atoms with Crippen molar-refractivity contribution in [2.45, 2.75) is 25.8 Å². The fourth-order valence-corrected chi connectivity index (χ4v) is 2.66. The van der Waals surface area contributed by atoms with Gasteiger partial charge in [0.25, 0.3) is 0 Å². The third-order valence-corrected chi connectivity index (χ3v) is 4.10. The van der Waals surface area contributed by atoms with Gasteiger partial charge in [-0.1, -0.05) is 0 Å². The fourth-order valence-electron chi connectivity index (χ4n) is 2.66. The predicted octanol–water partition coefficient (Wildman–Crippen LogP) is 1.71. The van der Waals surface area contributed by atoms with E-state index in [1.165, 1.54) is 12.1 Å². The maximum Gasteiger partial charge on any atom is 0.238 e. The summed E-state index contributed by atoms with van der Waals surface area (Å²) in [6, 6.07) is 5.98. The molecule has 1 aromatic rings. The summed E-state index contributed by atoms with van der Waals surface area (Å²) in [7, 11) is 1.82. The predicted molar refractivity (Wildman–Crippen MR) is 82.9 cm³/mol. The Hall–Kier alpha value is -1.95. The molecule has 6 heteroatoms. The summed E-state index contributed by atoms with van der Waals surface area (Å²) >= 11 is 0. The number of hydrogen-bond donors (Lipinski definition) is 1. The number of hydrogen-bond acceptors (Lipinski definition) is 3. The second-order valence-corrected chi connectivity index (χ2v) is 5.69. The largest absolute Gasteiger partial charge is 0.343 e. The van der Waals surface area contributed by atoms with Crippen molar-refractivity contribution >= 4 is 17.5 Å². The molecule has 1 heterocycles. The number of amides is 2. The van der Waals surface area contributed by atoms with E-state index >= 15 is 0 Å². The van der Waals surface area contributed by atoms with E-state index < -0.39 is 0 Å². The van der Waals surface area contributed by atoms with Crippen LogP contribution < -0.4 is 5.32 Å². The van der Waals surface area contributed by atoms with Gasteiger partial charge in [-0.2, -0.15) is 0 Å². The molecule has 0 unspecified atom stereocenters. The number of carbonyl (C=O) groups excluding carboxylic acids is 2. The van der Waals surface area contributed by atoms with Crippen LogP contribution in [0.4, 0.5) is 10.1 Å². The highest BCUT2D eigenvalue weighted by Crippen LogP contribution is 2.15. The molecule has 0 aliphatic carbocycles. The summed E-state index contributed by atoms with van der Waals surface area (Å²) in [5.74, 6) is -0.354. The molecule has 22 heavy (non-hydrogen) atoms. The average Bonchev–Trinajstić information content (AvgIpc) is 2.49. The van der Waals surface area contributed by atoms with Crippen LogP contribution in [0, 0.1) is 5.82 Å². The monoisotopic (exact) mass is 307 g/mol. The summed E-state index contributed by atoms with van der Waals surface area (Å²) in [4.78, 5) is 27.2. The Kier molecular flexibility index (Phi) is 5.49. The molecule has 1 saturated heterocycles. The van der Waals surface area contributed by atoms with Crippen LogP contribution >= 0.6 is 0 Å². The van der Waals surface area contributed by atoms with Crippen molar-refractivity contribution in [3.63, 3.8) is 0 Å². The van der Waals surface area contributed by atoms with Gasteiger partial charge in [-0.05, 0) is 37.1 Å². The Morgan fingerprint density at radius 2 is 1.86 bits per heavy atom. The Balaban J connectivity index is 1.77. The normalized spacial score (nSPS) is 16.3. The number of rotatable bonds is 4. The van der Waals surface area contributed by atoms with Crippen LogP contribution in [0.2, 0.25) is 0 Å². The molecule has 0 bridgehead atoms. The van der Waals surface area contributed by atoms with Crippen LogP contribution in [0.15, 0.2) is 24.3 Å². The number of likely N-dealkylation sites (tertiary alicyclic amines) is 1. The SMILES string of the molecule is CC(=O)N(C)C1CCN(CC(=O)Nc2ccc(F)cc2)CC1. The first-order chi connectivity index (χ1) is 10.5. The number of nitrogens with one attached hydrogen (secondary N) is 1. The van der Waals surface area contributed by atoms with E-state index in [1.54, 1.807) is 24.0 Å². The van der Waals surface area contributed by atoms with Crippen molar-refractivity contribution in [3.05, 3.63) is 30.1 Å². The zero-order valence-corrected chi connectivity index (χ0v) is 13.0. The molecular weight excluding hydrogens is 285 g/mol. The van der Waals surface area contributed by atoms with Gasteiger partial charge in [-0.15, -0.1) is 0 Å². The number of benzene rings is 1. The van der Waals surface area contributed by atoms with Gasteiger partial charge in [0.05, 0.1) is 6.54 Å². The van der Waals surface area contributed by atoms with E-state index in [0.717, 1.165) is 25.9 Å². The lowest BCUT2D eigenvalue weighted by Gasteiger charge is -2.36. The zero-order chi connectivity index (χ0) is 16.1. The minimum absolute atomic E-state index is 0.0764. The summed E-state index contributed by atoms with van der Waals surface area (Å²) in [5, 5.41) is 2.76. The molecule has 0 saturated carbocycles. The van der Waals surface area contributed by atoms with Gasteiger partial charge in [0, 0.05) is 38.8 Å². The molecule has 1 aliphatic rings. The molecule has 1 fully saturated rings. The Labute approximate surface area is 130 Å². The van der Waals surface area contributed by atoms with Crippen molar-refractivity contribution < 1.29 is 14.0 Å². The first-order valence-electron chi connectivity index (χ1n) is 7.47. The average molecular weight is 307 g/mol. The molecule has 1 aromatic carbocycles. The quantitative estimate of drug-likeness (QED) is 0.921. The van der Waals surface area contributed by atoms with Crippen LogP contribution in [0.25, 0.3) is 0 Å². The Morgan fingerprint density at radius 3 is 2.41 bits per heavy atom. The molecule has 0 atom stereocenters. The summed E-state index contributed by atoms with van der Waals surface area (Å²) in [5.41, 5.74) is 0.595. The fraction of sp³-hybridized carbons (Fsp3) is 0.500. The number of piperidine rings is 1. The van der Waals surface area contributed by atoms with Gasteiger partial charge in [-0.3, -0.25) is 14.5 Å². The van der Waals surface area contributed by atoms with Crippen LogP contribution in [0.1, 0.15) is 19.8 Å². The van der Waals surface area contributed by atoms with Gasteiger partial charge in [0.2, 0.25) is 11.8 Å². The summed E-state index contributed by atoms with van der Waals surface area (Å²) in [6.07, 6.45) is 1.75. The van der Waals surface area contributed by atoms with E-state index in [1.807, 2.05) is 7.05 Å². The lowest BCUT2D eigenvalue weighted by Crippen LogP contribution is -2.46. The Morgan fingerprint density at radius 1 is 1.27 bits per heavy atom. The first-order valence-corrected chi connectivity index (χ1v) is 7.47. The number of halogens is 1. The second kappa shape index (κ2) is 7.35. The van der Waals surface area contributed by atoms with E-state index in [-0.39, 0.29) is 23.7 Å². The smallest absolute Gasteiger partial charge is 0.238 e.